The van der Waals surface area contributed by atoms with Crippen LogP contribution in [0.4, 0.5) is 0 Å². The van der Waals surface area contributed by atoms with Crippen molar-refractivity contribution in [3.8, 4) is 0 Å². The largest absolute Gasteiger partial charge is 0.389 e. The average molecular weight is 183 g/mol. The summed E-state index contributed by atoms with van der Waals surface area (Å²) in [5.74, 6) is 0.907. The third kappa shape index (κ3) is 2.05. The fourth-order valence-electron chi connectivity index (χ4n) is 2.67. The van der Waals surface area contributed by atoms with E-state index in [1.807, 2.05) is 0 Å². The van der Waals surface area contributed by atoms with Gasteiger partial charge in [-0.25, -0.2) is 0 Å². The smallest absolute Gasteiger partial charge is 0.0774 e. The Hall–Kier alpha value is -0.0800. The zero-order chi connectivity index (χ0) is 9.31. The van der Waals surface area contributed by atoms with Crippen LogP contribution in [0.5, 0.6) is 0 Å². The standard InChI is InChI=1S/C11H21NO/c1-2-10-7-12(8-10)9-11(13)5-3-4-6-11/h10,13H,2-9H2,1H3. The normalized spacial score (nSPS) is 29.1. The molecule has 1 aliphatic carbocycles. The Morgan fingerprint density at radius 1 is 1.31 bits per heavy atom. The quantitative estimate of drug-likeness (QED) is 0.719. The summed E-state index contributed by atoms with van der Waals surface area (Å²) in [6, 6.07) is 0. The highest BCUT2D eigenvalue weighted by Gasteiger charge is 2.36. The first kappa shape index (κ1) is 9.47. The maximum atomic E-state index is 10.1. The van der Waals surface area contributed by atoms with Crippen molar-refractivity contribution in [1.29, 1.82) is 0 Å². The lowest BCUT2D eigenvalue weighted by molar-refractivity contribution is -0.0272. The number of aliphatic hydroxyl groups is 1. The highest BCUT2D eigenvalue weighted by molar-refractivity contribution is 4.91. The van der Waals surface area contributed by atoms with Gasteiger partial charge in [0.15, 0.2) is 0 Å². The van der Waals surface area contributed by atoms with Crippen molar-refractivity contribution in [3.05, 3.63) is 0 Å². The van der Waals surface area contributed by atoms with Gasteiger partial charge in [0.2, 0.25) is 0 Å². The van der Waals surface area contributed by atoms with Crippen molar-refractivity contribution in [1.82, 2.24) is 4.90 Å². The summed E-state index contributed by atoms with van der Waals surface area (Å²) in [5.41, 5.74) is -0.321. The van der Waals surface area contributed by atoms with Gasteiger partial charge in [0, 0.05) is 19.6 Å². The molecule has 1 saturated heterocycles. The Morgan fingerprint density at radius 2 is 1.92 bits per heavy atom. The van der Waals surface area contributed by atoms with Crippen molar-refractivity contribution in [3.63, 3.8) is 0 Å². The summed E-state index contributed by atoms with van der Waals surface area (Å²) >= 11 is 0. The topological polar surface area (TPSA) is 23.5 Å². The summed E-state index contributed by atoms with van der Waals surface area (Å²) < 4.78 is 0. The average Bonchev–Trinajstić information content (AvgIpc) is 2.44. The molecule has 0 aromatic heterocycles. The van der Waals surface area contributed by atoms with E-state index >= 15 is 0 Å². The highest BCUT2D eigenvalue weighted by atomic mass is 16.3. The molecule has 2 aliphatic rings. The van der Waals surface area contributed by atoms with E-state index in [1.54, 1.807) is 0 Å². The van der Waals surface area contributed by atoms with Gasteiger partial charge in [-0.05, 0) is 18.8 Å². The third-order valence-corrected chi connectivity index (χ3v) is 3.66. The van der Waals surface area contributed by atoms with Crippen LogP contribution < -0.4 is 0 Å². The Balaban J connectivity index is 1.73. The lowest BCUT2D eigenvalue weighted by Crippen LogP contribution is -2.52. The second kappa shape index (κ2) is 3.58. The van der Waals surface area contributed by atoms with Crippen molar-refractivity contribution >= 4 is 0 Å². The molecule has 2 nitrogen and oxygen atoms in total. The molecule has 0 spiro atoms. The summed E-state index contributed by atoms with van der Waals surface area (Å²) in [4.78, 5) is 2.42. The second-order valence-electron chi connectivity index (χ2n) is 4.90. The minimum absolute atomic E-state index is 0.321. The summed E-state index contributed by atoms with van der Waals surface area (Å²) in [6.45, 7) is 5.63. The van der Waals surface area contributed by atoms with Crippen LogP contribution in [0.3, 0.4) is 0 Å². The highest BCUT2D eigenvalue weighted by Crippen LogP contribution is 2.32. The van der Waals surface area contributed by atoms with Gasteiger partial charge in [0.25, 0.3) is 0 Å². The molecule has 1 saturated carbocycles. The van der Waals surface area contributed by atoms with Gasteiger partial charge in [-0.15, -0.1) is 0 Å². The molecule has 2 rings (SSSR count). The van der Waals surface area contributed by atoms with E-state index in [-0.39, 0.29) is 5.60 Å². The van der Waals surface area contributed by atoms with Gasteiger partial charge >= 0.3 is 0 Å². The first-order chi connectivity index (χ1) is 6.22. The number of likely N-dealkylation sites (tertiary alicyclic amines) is 1. The van der Waals surface area contributed by atoms with Crippen molar-refractivity contribution in [2.24, 2.45) is 5.92 Å². The predicted molar refractivity (Wildman–Crippen MR) is 53.6 cm³/mol. The van der Waals surface area contributed by atoms with E-state index < -0.39 is 0 Å². The van der Waals surface area contributed by atoms with Gasteiger partial charge in [0.05, 0.1) is 5.60 Å². The molecule has 0 radical (unpaired) electrons. The molecule has 0 aromatic rings. The van der Waals surface area contributed by atoms with Gasteiger partial charge in [0.1, 0.15) is 0 Å². The summed E-state index contributed by atoms with van der Waals surface area (Å²) in [7, 11) is 0. The van der Waals surface area contributed by atoms with Crippen molar-refractivity contribution in [2.45, 2.75) is 44.6 Å². The SMILES string of the molecule is CCC1CN(CC2(O)CCCC2)C1. The Morgan fingerprint density at radius 3 is 2.46 bits per heavy atom. The number of β-amino-alcohol motifs (C(OH)–C–C–N with tert-alkyl or cyclic N) is 1. The number of hydrogen-bond acceptors (Lipinski definition) is 2. The molecule has 13 heavy (non-hydrogen) atoms. The number of rotatable bonds is 3. The van der Waals surface area contributed by atoms with E-state index in [9.17, 15) is 5.11 Å². The van der Waals surface area contributed by atoms with Crippen LogP contribution in [0.1, 0.15) is 39.0 Å². The molecule has 1 N–H and O–H groups in total. The molecule has 76 valence electrons. The summed E-state index contributed by atoms with van der Waals surface area (Å²) in [6.07, 6.45) is 5.80. The van der Waals surface area contributed by atoms with Crippen LogP contribution in [-0.4, -0.2) is 35.2 Å². The van der Waals surface area contributed by atoms with E-state index in [0.29, 0.717) is 0 Å². The number of nitrogens with zero attached hydrogens (tertiary/aromatic N) is 1. The lowest BCUT2D eigenvalue weighted by Gasteiger charge is -2.42. The van der Waals surface area contributed by atoms with Gasteiger partial charge in [-0.3, -0.25) is 4.90 Å². The van der Waals surface area contributed by atoms with Gasteiger partial charge in [-0.1, -0.05) is 26.2 Å². The lowest BCUT2D eigenvalue weighted by atomic mass is 9.93. The third-order valence-electron chi connectivity index (χ3n) is 3.66. The molecule has 0 amide bonds. The molecular weight excluding hydrogens is 162 g/mol. The van der Waals surface area contributed by atoms with Crippen LogP contribution in [-0.2, 0) is 0 Å². The molecule has 0 unspecified atom stereocenters. The van der Waals surface area contributed by atoms with E-state index in [0.717, 1.165) is 25.3 Å². The van der Waals surface area contributed by atoms with E-state index in [2.05, 4.69) is 11.8 Å². The van der Waals surface area contributed by atoms with E-state index in [1.165, 1.54) is 32.4 Å². The van der Waals surface area contributed by atoms with Crippen LogP contribution in [0.2, 0.25) is 0 Å². The van der Waals surface area contributed by atoms with Crippen LogP contribution in [0.25, 0.3) is 0 Å². The molecule has 2 fully saturated rings. The molecular formula is C11H21NO. The number of hydrogen-bond donors (Lipinski definition) is 1. The Labute approximate surface area is 80.9 Å². The molecule has 0 atom stereocenters. The maximum Gasteiger partial charge on any atom is 0.0774 e. The Bertz CT molecular complexity index is 169. The minimum Gasteiger partial charge on any atom is -0.389 e. The van der Waals surface area contributed by atoms with Crippen LogP contribution >= 0.6 is 0 Å². The van der Waals surface area contributed by atoms with E-state index in [4.69, 9.17) is 0 Å². The minimum atomic E-state index is -0.321. The summed E-state index contributed by atoms with van der Waals surface area (Å²) in [5, 5.41) is 10.1. The molecule has 0 bridgehead atoms. The first-order valence-electron chi connectivity index (χ1n) is 5.66. The van der Waals surface area contributed by atoms with Crippen LogP contribution in [0, 0.1) is 5.92 Å². The van der Waals surface area contributed by atoms with Gasteiger partial charge < -0.3 is 5.11 Å². The fraction of sp³-hybridized carbons (Fsp3) is 1.00. The molecule has 1 heterocycles. The molecule has 2 heteroatoms. The predicted octanol–water partition coefficient (Wildman–Crippen LogP) is 1.63. The van der Waals surface area contributed by atoms with Crippen molar-refractivity contribution in [2.75, 3.05) is 19.6 Å². The monoisotopic (exact) mass is 183 g/mol. The zero-order valence-corrected chi connectivity index (χ0v) is 8.63. The Kier molecular flexibility index (Phi) is 2.61. The zero-order valence-electron chi connectivity index (χ0n) is 8.63. The fourth-order valence-corrected chi connectivity index (χ4v) is 2.67. The molecule has 0 aromatic carbocycles. The van der Waals surface area contributed by atoms with Crippen molar-refractivity contribution < 1.29 is 5.11 Å². The van der Waals surface area contributed by atoms with Gasteiger partial charge in [-0.2, -0.15) is 0 Å². The first-order valence-corrected chi connectivity index (χ1v) is 5.66. The molecule has 1 aliphatic heterocycles. The maximum absolute atomic E-state index is 10.1. The second-order valence-corrected chi connectivity index (χ2v) is 4.90. The van der Waals surface area contributed by atoms with Crippen LogP contribution in [0.15, 0.2) is 0 Å².